The van der Waals surface area contributed by atoms with Crippen molar-refractivity contribution in [1.82, 2.24) is 5.32 Å². The standard InChI is InChI=1S/C18H20BrN/c1-13-4-2-3-5-18(13)15-10-17(11-15)20-12-14-6-8-16(19)9-7-14/h2-9,15,17,20H,10-12H2,1H3. The molecule has 0 radical (unpaired) electrons. The zero-order valence-electron chi connectivity index (χ0n) is 11.8. The van der Waals surface area contributed by atoms with Crippen LogP contribution in [0.5, 0.6) is 0 Å². The van der Waals surface area contributed by atoms with Crippen molar-refractivity contribution in [2.75, 3.05) is 0 Å². The molecule has 1 saturated carbocycles. The third-order valence-electron chi connectivity index (χ3n) is 4.27. The second-order valence-electron chi connectivity index (χ2n) is 5.73. The predicted octanol–water partition coefficient (Wildman–Crippen LogP) is 4.79. The van der Waals surface area contributed by atoms with E-state index in [1.165, 1.54) is 29.5 Å². The van der Waals surface area contributed by atoms with Crippen molar-refractivity contribution in [3.63, 3.8) is 0 Å². The van der Waals surface area contributed by atoms with Gasteiger partial charge in [-0.15, -0.1) is 0 Å². The second-order valence-corrected chi connectivity index (χ2v) is 6.64. The Morgan fingerprint density at radius 1 is 1.05 bits per heavy atom. The summed E-state index contributed by atoms with van der Waals surface area (Å²) in [4.78, 5) is 0. The lowest BCUT2D eigenvalue weighted by molar-refractivity contribution is 0.289. The van der Waals surface area contributed by atoms with Crippen LogP contribution in [0.15, 0.2) is 53.0 Å². The van der Waals surface area contributed by atoms with E-state index >= 15 is 0 Å². The van der Waals surface area contributed by atoms with E-state index in [1.54, 1.807) is 0 Å². The summed E-state index contributed by atoms with van der Waals surface area (Å²) in [7, 11) is 0. The Kier molecular flexibility index (Phi) is 4.23. The van der Waals surface area contributed by atoms with Gasteiger partial charge in [-0.2, -0.15) is 0 Å². The average molecular weight is 330 g/mol. The van der Waals surface area contributed by atoms with Crippen LogP contribution in [-0.2, 0) is 6.54 Å². The van der Waals surface area contributed by atoms with Gasteiger partial charge in [-0.25, -0.2) is 0 Å². The van der Waals surface area contributed by atoms with Crippen molar-refractivity contribution in [2.24, 2.45) is 0 Å². The Hall–Kier alpha value is -1.12. The summed E-state index contributed by atoms with van der Waals surface area (Å²) >= 11 is 3.47. The molecule has 0 unspecified atom stereocenters. The zero-order chi connectivity index (χ0) is 13.9. The maximum atomic E-state index is 3.66. The lowest BCUT2D eigenvalue weighted by Gasteiger charge is -2.37. The molecule has 1 nitrogen and oxygen atoms in total. The summed E-state index contributed by atoms with van der Waals surface area (Å²) in [6, 6.07) is 18.0. The summed E-state index contributed by atoms with van der Waals surface area (Å²) < 4.78 is 1.14. The van der Waals surface area contributed by atoms with E-state index in [4.69, 9.17) is 0 Å². The molecule has 0 saturated heterocycles. The number of aryl methyl sites for hydroxylation is 1. The molecule has 1 N–H and O–H groups in total. The first-order chi connectivity index (χ1) is 9.72. The molecule has 0 aromatic heterocycles. The van der Waals surface area contributed by atoms with Crippen molar-refractivity contribution >= 4 is 15.9 Å². The molecule has 0 atom stereocenters. The van der Waals surface area contributed by atoms with Gasteiger partial charge < -0.3 is 5.32 Å². The molecule has 1 aliphatic carbocycles. The van der Waals surface area contributed by atoms with Gasteiger partial charge in [-0.1, -0.05) is 52.3 Å². The highest BCUT2D eigenvalue weighted by Crippen LogP contribution is 2.38. The summed E-state index contributed by atoms with van der Waals surface area (Å²) in [5.41, 5.74) is 4.32. The smallest absolute Gasteiger partial charge is 0.0208 e. The molecule has 0 aliphatic heterocycles. The Labute approximate surface area is 129 Å². The molecule has 0 amide bonds. The first-order valence-electron chi connectivity index (χ1n) is 7.26. The normalized spacial score (nSPS) is 21.5. The minimum atomic E-state index is 0.670. The van der Waals surface area contributed by atoms with Gasteiger partial charge in [0.15, 0.2) is 0 Å². The third kappa shape index (κ3) is 3.13. The van der Waals surface area contributed by atoms with E-state index in [-0.39, 0.29) is 0 Å². The van der Waals surface area contributed by atoms with Crippen molar-refractivity contribution in [3.8, 4) is 0 Å². The van der Waals surface area contributed by atoms with Crippen LogP contribution in [0, 0.1) is 6.92 Å². The maximum absolute atomic E-state index is 3.66. The van der Waals surface area contributed by atoms with Crippen LogP contribution >= 0.6 is 15.9 Å². The van der Waals surface area contributed by atoms with Gasteiger partial charge in [-0.3, -0.25) is 0 Å². The van der Waals surface area contributed by atoms with Crippen LogP contribution in [-0.4, -0.2) is 6.04 Å². The molecule has 1 aliphatic rings. The fourth-order valence-corrected chi connectivity index (χ4v) is 3.21. The van der Waals surface area contributed by atoms with Gasteiger partial charge in [0.1, 0.15) is 0 Å². The van der Waals surface area contributed by atoms with Crippen LogP contribution in [0.1, 0.15) is 35.4 Å². The summed E-state index contributed by atoms with van der Waals surface area (Å²) in [6.45, 7) is 3.19. The first-order valence-corrected chi connectivity index (χ1v) is 8.05. The number of hydrogen-bond acceptors (Lipinski definition) is 1. The molecule has 0 heterocycles. The van der Waals surface area contributed by atoms with Gasteiger partial charge in [0.05, 0.1) is 0 Å². The molecular weight excluding hydrogens is 310 g/mol. The number of hydrogen-bond donors (Lipinski definition) is 1. The Balaban J connectivity index is 1.49. The van der Waals surface area contributed by atoms with Gasteiger partial charge in [0.25, 0.3) is 0 Å². The minimum Gasteiger partial charge on any atom is -0.310 e. The highest BCUT2D eigenvalue weighted by atomic mass is 79.9. The molecule has 104 valence electrons. The van der Waals surface area contributed by atoms with Gasteiger partial charge >= 0.3 is 0 Å². The Morgan fingerprint density at radius 3 is 2.45 bits per heavy atom. The molecule has 20 heavy (non-hydrogen) atoms. The number of rotatable bonds is 4. The van der Waals surface area contributed by atoms with Crippen LogP contribution in [0.3, 0.4) is 0 Å². The van der Waals surface area contributed by atoms with E-state index in [2.05, 4.69) is 76.7 Å². The monoisotopic (exact) mass is 329 g/mol. The molecule has 1 fully saturated rings. The van der Waals surface area contributed by atoms with Gasteiger partial charge in [0.2, 0.25) is 0 Å². The van der Waals surface area contributed by atoms with Crippen LogP contribution in [0.4, 0.5) is 0 Å². The van der Waals surface area contributed by atoms with E-state index in [0.29, 0.717) is 6.04 Å². The average Bonchev–Trinajstić information content (AvgIpc) is 2.41. The molecular formula is C18H20BrN. The zero-order valence-corrected chi connectivity index (χ0v) is 13.4. The first kappa shape index (κ1) is 13.8. The number of halogens is 1. The lowest BCUT2D eigenvalue weighted by atomic mass is 9.74. The minimum absolute atomic E-state index is 0.670. The topological polar surface area (TPSA) is 12.0 Å². The second kappa shape index (κ2) is 6.11. The van der Waals surface area contributed by atoms with Crippen molar-refractivity contribution < 1.29 is 0 Å². The molecule has 2 aromatic carbocycles. The largest absolute Gasteiger partial charge is 0.310 e. The molecule has 0 spiro atoms. The van der Waals surface area contributed by atoms with Crippen LogP contribution in [0.2, 0.25) is 0 Å². The van der Waals surface area contributed by atoms with E-state index in [0.717, 1.165) is 16.9 Å². The van der Waals surface area contributed by atoms with Crippen molar-refractivity contribution in [3.05, 3.63) is 69.7 Å². The fourth-order valence-electron chi connectivity index (χ4n) is 2.95. The Morgan fingerprint density at radius 2 is 1.75 bits per heavy atom. The molecule has 0 bridgehead atoms. The van der Waals surface area contributed by atoms with E-state index in [1.807, 2.05) is 0 Å². The predicted molar refractivity (Wildman–Crippen MR) is 87.9 cm³/mol. The van der Waals surface area contributed by atoms with Crippen LogP contribution < -0.4 is 5.32 Å². The highest BCUT2D eigenvalue weighted by molar-refractivity contribution is 9.10. The SMILES string of the molecule is Cc1ccccc1C1CC(NCc2ccc(Br)cc2)C1. The summed E-state index contributed by atoms with van der Waals surface area (Å²) in [5.74, 6) is 0.749. The molecule has 3 rings (SSSR count). The quantitative estimate of drug-likeness (QED) is 0.850. The van der Waals surface area contributed by atoms with Crippen LogP contribution in [0.25, 0.3) is 0 Å². The van der Waals surface area contributed by atoms with E-state index in [9.17, 15) is 0 Å². The maximum Gasteiger partial charge on any atom is 0.0208 e. The number of benzene rings is 2. The summed E-state index contributed by atoms with van der Waals surface area (Å²) in [6.07, 6.45) is 2.53. The number of nitrogens with one attached hydrogen (secondary N) is 1. The summed E-state index contributed by atoms with van der Waals surface area (Å²) in [5, 5.41) is 3.66. The van der Waals surface area contributed by atoms with Gasteiger partial charge in [-0.05, 0) is 54.5 Å². The highest BCUT2D eigenvalue weighted by Gasteiger charge is 2.30. The fraction of sp³-hybridized carbons (Fsp3) is 0.333. The third-order valence-corrected chi connectivity index (χ3v) is 4.80. The Bertz CT molecular complexity index is 570. The lowest BCUT2D eigenvalue weighted by Crippen LogP contribution is -2.39. The van der Waals surface area contributed by atoms with Gasteiger partial charge in [0, 0.05) is 17.1 Å². The van der Waals surface area contributed by atoms with Crippen molar-refractivity contribution in [2.45, 2.75) is 38.3 Å². The molecule has 2 aromatic rings. The van der Waals surface area contributed by atoms with Crippen molar-refractivity contribution in [1.29, 1.82) is 0 Å². The molecule has 2 heteroatoms. The van der Waals surface area contributed by atoms with E-state index < -0.39 is 0 Å².